The van der Waals surface area contributed by atoms with Gasteiger partial charge in [0, 0.05) is 42.4 Å². The average molecular weight is 480 g/mol. The van der Waals surface area contributed by atoms with E-state index in [-0.39, 0.29) is 24.0 Å². The highest BCUT2D eigenvalue weighted by Crippen LogP contribution is 2.23. The summed E-state index contributed by atoms with van der Waals surface area (Å²) in [6, 6.07) is 17.5. The Bertz CT molecular complexity index is 865. The summed E-state index contributed by atoms with van der Waals surface area (Å²) in [5.74, 6) is 2.48. The molecule has 0 amide bonds. The quantitative estimate of drug-likeness (QED) is 0.414. The van der Waals surface area contributed by atoms with Crippen molar-refractivity contribution in [2.24, 2.45) is 7.05 Å². The first-order valence-electron chi connectivity index (χ1n) is 8.30. The van der Waals surface area contributed by atoms with Gasteiger partial charge in [0.1, 0.15) is 11.7 Å². The molecule has 0 atom stereocenters. The van der Waals surface area contributed by atoms with E-state index in [0.29, 0.717) is 0 Å². The van der Waals surface area contributed by atoms with Crippen LogP contribution in [-0.4, -0.2) is 24.6 Å². The molecule has 2 heterocycles. The molecular formula is C20H21IN2S2. The molecule has 3 aromatic rings. The van der Waals surface area contributed by atoms with Crippen LogP contribution in [0.2, 0.25) is 0 Å². The van der Waals surface area contributed by atoms with E-state index in [1.165, 1.54) is 38.0 Å². The minimum Gasteiger partial charge on any atom is -1.00 e. The number of para-hydroxylation sites is 1. The Morgan fingerprint density at radius 2 is 1.68 bits per heavy atom. The van der Waals surface area contributed by atoms with Gasteiger partial charge in [-0.25, -0.2) is 0 Å². The normalized spacial score (nSPS) is 14.8. The number of nitrogens with zero attached hydrogens (tertiary/aromatic N) is 2. The summed E-state index contributed by atoms with van der Waals surface area (Å²) >= 11 is 3.89. The Labute approximate surface area is 174 Å². The maximum Gasteiger partial charge on any atom is 0.262 e. The topological polar surface area (TPSA) is 7.12 Å². The maximum absolute atomic E-state index is 2.48. The number of aryl methyl sites for hydroxylation is 1. The van der Waals surface area contributed by atoms with Crippen molar-refractivity contribution in [1.29, 1.82) is 0 Å². The highest BCUT2D eigenvalue weighted by molar-refractivity contribution is 7.99. The smallest absolute Gasteiger partial charge is 0.262 e. The van der Waals surface area contributed by atoms with Crippen LogP contribution in [0.1, 0.15) is 10.6 Å². The second kappa shape index (κ2) is 8.56. The Morgan fingerprint density at radius 3 is 2.40 bits per heavy atom. The summed E-state index contributed by atoms with van der Waals surface area (Å²) in [6.45, 7) is 2.33. The summed E-state index contributed by atoms with van der Waals surface area (Å²) < 4.78 is 3.59. The van der Waals surface area contributed by atoms with Gasteiger partial charge < -0.3 is 28.9 Å². The first kappa shape index (κ1) is 18.7. The summed E-state index contributed by atoms with van der Waals surface area (Å²) in [7, 11) is 2.13. The zero-order valence-corrected chi connectivity index (χ0v) is 18.0. The van der Waals surface area contributed by atoms with Gasteiger partial charge in [0.05, 0.1) is 0 Å². The third-order valence-corrected chi connectivity index (χ3v) is 6.59. The fourth-order valence-corrected chi connectivity index (χ4v) is 5.01. The lowest BCUT2D eigenvalue weighted by Crippen LogP contribution is -3.00. The Kier molecular flexibility index (Phi) is 6.41. The molecule has 4 rings (SSSR count). The van der Waals surface area contributed by atoms with Crippen molar-refractivity contribution in [3.8, 4) is 0 Å². The molecule has 0 spiro atoms. The van der Waals surface area contributed by atoms with E-state index in [1.54, 1.807) is 0 Å². The molecule has 2 aromatic carbocycles. The van der Waals surface area contributed by atoms with E-state index in [9.17, 15) is 0 Å². The number of aromatic nitrogens is 1. The zero-order chi connectivity index (χ0) is 16.4. The number of thioether (sulfide) groups is 1. The lowest BCUT2D eigenvalue weighted by atomic mass is 10.2. The standard InChI is InChI=1S/C20H21N2S2.HI/c1-21-18-4-2-3-5-19(18)24-20(21)11-8-16-6-9-17(10-7-16)22-12-14-23-15-13-22;/h2-11H,12-15H2,1H3;1H/q+1;/p-1. The van der Waals surface area contributed by atoms with Crippen LogP contribution in [0.5, 0.6) is 0 Å². The van der Waals surface area contributed by atoms with Gasteiger partial charge in [-0.2, -0.15) is 16.3 Å². The molecule has 1 saturated heterocycles. The van der Waals surface area contributed by atoms with E-state index in [0.717, 1.165) is 13.1 Å². The predicted molar refractivity (Wildman–Crippen MR) is 108 cm³/mol. The molecule has 0 saturated carbocycles. The molecule has 0 N–H and O–H groups in total. The van der Waals surface area contributed by atoms with E-state index in [1.807, 2.05) is 11.3 Å². The molecule has 0 bridgehead atoms. The van der Waals surface area contributed by atoms with Crippen LogP contribution in [-0.2, 0) is 7.05 Å². The first-order chi connectivity index (χ1) is 11.8. The molecule has 1 aliphatic heterocycles. The molecule has 2 nitrogen and oxygen atoms in total. The molecule has 1 aromatic heterocycles. The Balaban J connectivity index is 0.00000182. The summed E-state index contributed by atoms with van der Waals surface area (Å²) in [5, 5.41) is 1.27. The van der Waals surface area contributed by atoms with Crippen LogP contribution < -0.4 is 33.4 Å². The van der Waals surface area contributed by atoms with Crippen molar-refractivity contribution < 1.29 is 28.5 Å². The van der Waals surface area contributed by atoms with Gasteiger partial charge in [0.15, 0.2) is 0 Å². The monoisotopic (exact) mass is 480 g/mol. The van der Waals surface area contributed by atoms with E-state index in [4.69, 9.17) is 0 Å². The minimum absolute atomic E-state index is 0. The molecule has 130 valence electrons. The zero-order valence-electron chi connectivity index (χ0n) is 14.2. The van der Waals surface area contributed by atoms with Crippen LogP contribution in [0.25, 0.3) is 22.4 Å². The van der Waals surface area contributed by atoms with Crippen molar-refractivity contribution in [2.75, 3.05) is 29.5 Å². The van der Waals surface area contributed by atoms with Crippen molar-refractivity contribution in [3.63, 3.8) is 0 Å². The van der Waals surface area contributed by atoms with Crippen molar-refractivity contribution in [2.45, 2.75) is 0 Å². The third kappa shape index (κ3) is 4.20. The van der Waals surface area contributed by atoms with Gasteiger partial charge in [-0.05, 0) is 29.8 Å². The fourth-order valence-electron chi connectivity index (χ4n) is 3.05. The summed E-state index contributed by atoms with van der Waals surface area (Å²) in [4.78, 5) is 2.48. The van der Waals surface area contributed by atoms with Crippen molar-refractivity contribution in [3.05, 3.63) is 59.1 Å². The largest absolute Gasteiger partial charge is 1.00 e. The molecule has 5 heteroatoms. The van der Waals surface area contributed by atoms with Crippen LogP contribution in [0.3, 0.4) is 0 Å². The lowest BCUT2D eigenvalue weighted by Gasteiger charge is -2.28. The van der Waals surface area contributed by atoms with Crippen LogP contribution in [0.15, 0.2) is 48.5 Å². The molecular weight excluding hydrogens is 459 g/mol. The Hall–Kier alpha value is -1.05. The van der Waals surface area contributed by atoms with Gasteiger partial charge in [-0.1, -0.05) is 35.6 Å². The fraction of sp³-hybridized carbons (Fsp3) is 0.250. The lowest BCUT2D eigenvalue weighted by molar-refractivity contribution is -0.642. The van der Waals surface area contributed by atoms with Gasteiger partial charge in [0.2, 0.25) is 5.52 Å². The van der Waals surface area contributed by atoms with E-state index < -0.39 is 0 Å². The molecule has 25 heavy (non-hydrogen) atoms. The second-order valence-electron chi connectivity index (χ2n) is 5.99. The Morgan fingerprint density at radius 1 is 0.960 bits per heavy atom. The number of thiazole rings is 1. The number of rotatable bonds is 3. The highest BCUT2D eigenvalue weighted by Gasteiger charge is 2.13. The van der Waals surface area contributed by atoms with Gasteiger partial charge in [0.25, 0.3) is 5.01 Å². The maximum atomic E-state index is 2.48. The number of hydrogen-bond acceptors (Lipinski definition) is 3. The SMILES string of the molecule is C[n+]1c(C=Cc2ccc(N3CCSCC3)cc2)sc2ccccc21.[I-]. The first-order valence-corrected chi connectivity index (χ1v) is 10.3. The number of anilines is 1. The molecule has 1 fully saturated rings. The second-order valence-corrected chi connectivity index (χ2v) is 8.28. The van der Waals surface area contributed by atoms with Crippen LogP contribution in [0.4, 0.5) is 5.69 Å². The molecule has 0 radical (unpaired) electrons. The highest BCUT2D eigenvalue weighted by atomic mass is 127. The van der Waals surface area contributed by atoms with Gasteiger partial charge >= 0.3 is 0 Å². The predicted octanol–water partition coefficient (Wildman–Crippen LogP) is 1.45. The van der Waals surface area contributed by atoms with Gasteiger partial charge in [-0.15, -0.1) is 0 Å². The van der Waals surface area contributed by atoms with E-state index >= 15 is 0 Å². The summed E-state index contributed by atoms with van der Waals surface area (Å²) in [6.07, 6.45) is 4.43. The minimum atomic E-state index is 0. The van der Waals surface area contributed by atoms with Crippen molar-refractivity contribution >= 4 is 51.2 Å². The molecule has 0 aliphatic carbocycles. The van der Waals surface area contributed by atoms with Crippen molar-refractivity contribution in [1.82, 2.24) is 0 Å². The summed E-state index contributed by atoms with van der Waals surface area (Å²) in [5.41, 5.74) is 3.89. The molecule has 1 aliphatic rings. The average Bonchev–Trinajstić information content (AvgIpc) is 2.97. The molecule has 0 unspecified atom stereocenters. The van der Waals surface area contributed by atoms with Crippen LogP contribution >= 0.6 is 23.1 Å². The number of benzene rings is 2. The van der Waals surface area contributed by atoms with Gasteiger partial charge in [-0.3, -0.25) is 0 Å². The van der Waals surface area contributed by atoms with Crippen LogP contribution in [0, 0.1) is 0 Å². The third-order valence-electron chi connectivity index (χ3n) is 4.46. The van der Waals surface area contributed by atoms with E-state index in [2.05, 4.69) is 89.0 Å². The number of fused-ring (bicyclic) bond motifs is 1. The number of halogens is 1. The number of hydrogen-bond donors (Lipinski definition) is 0.